The molecule has 0 aliphatic carbocycles. The predicted octanol–water partition coefficient (Wildman–Crippen LogP) is 1.31. The summed E-state index contributed by atoms with van der Waals surface area (Å²) in [4.78, 5) is 12.8. The number of likely N-dealkylation sites (tertiary alicyclic amines) is 1. The van der Waals surface area contributed by atoms with E-state index in [0.717, 1.165) is 12.8 Å². The number of nitrogens with zero attached hydrogens (tertiary/aromatic N) is 1. The molecule has 0 amide bonds. The maximum atomic E-state index is 10.7. The maximum Gasteiger partial charge on any atom is 0.137 e. The summed E-state index contributed by atoms with van der Waals surface area (Å²) in [6.07, 6.45) is 4.71. The van der Waals surface area contributed by atoms with Crippen LogP contribution in [0.3, 0.4) is 0 Å². The third kappa shape index (κ3) is 1.80. The van der Waals surface area contributed by atoms with E-state index in [1.165, 1.54) is 19.3 Å². The van der Waals surface area contributed by atoms with E-state index in [9.17, 15) is 4.79 Å². The molecule has 2 unspecified atom stereocenters. The smallest absolute Gasteiger partial charge is 0.137 e. The van der Waals surface area contributed by atoms with Crippen molar-refractivity contribution in [3.8, 4) is 0 Å². The Bertz CT molecular complexity index is 134. The van der Waals surface area contributed by atoms with Crippen molar-refractivity contribution in [1.82, 2.24) is 4.90 Å². The lowest BCUT2D eigenvalue weighted by Gasteiger charge is -2.17. The minimum Gasteiger partial charge on any atom is -0.302 e. The normalized spacial score (nSPS) is 32.5. The van der Waals surface area contributed by atoms with E-state index < -0.39 is 0 Å². The molecule has 0 aromatic carbocycles. The first-order valence-electron chi connectivity index (χ1n) is 4.45. The molecule has 1 rings (SSSR count). The predicted molar refractivity (Wildman–Crippen MR) is 45.5 cm³/mol. The van der Waals surface area contributed by atoms with Crippen LogP contribution in [-0.4, -0.2) is 30.8 Å². The van der Waals surface area contributed by atoms with Crippen LogP contribution in [0, 0.1) is 5.92 Å². The summed E-state index contributed by atoms with van der Waals surface area (Å²) < 4.78 is 0. The molecule has 1 aliphatic heterocycles. The van der Waals surface area contributed by atoms with Crippen LogP contribution in [0.5, 0.6) is 0 Å². The van der Waals surface area contributed by atoms with Gasteiger partial charge in [0.2, 0.25) is 0 Å². The standard InChI is InChI=1S/C9H17NO/c1-3-4-8-5-6-10(2)9(8)7-11/h7-9H,3-6H2,1-2H3. The van der Waals surface area contributed by atoms with Gasteiger partial charge in [0.25, 0.3) is 0 Å². The van der Waals surface area contributed by atoms with E-state index >= 15 is 0 Å². The first-order chi connectivity index (χ1) is 5.29. The Kier molecular flexibility index (Phi) is 3.06. The molecule has 1 saturated heterocycles. The van der Waals surface area contributed by atoms with E-state index in [1.807, 2.05) is 7.05 Å². The highest BCUT2D eigenvalue weighted by Gasteiger charge is 2.30. The van der Waals surface area contributed by atoms with Gasteiger partial charge in [-0.2, -0.15) is 0 Å². The Morgan fingerprint density at radius 2 is 2.36 bits per heavy atom. The van der Waals surface area contributed by atoms with Gasteiger partial charge in [-0.3, -0.25) is 4.90 Å². The highest BCUT2D eigenvalue weighted by atomic mass is 16.1. The molecule has 64 valence electrons. The summed E-state index contributed by atoms with van der Waals surface area (Å²) in [5.41, 5.74) is 0. The lowest BCUT2D eigenvalue weighted by atomic mass is 9.96. The van der Waals surface area contributed by atoms with Crippen molar-refractivity contribution >= 4 is 6.29 Å². The average Bonchev–Trinajstić information content (AvgIpc) is 2.33. The van der Waals surface area contributed by atoms with Gasteiger partial charge >= 0.3 is 0 Å². The van der Waals surface area contributed by atoms with Gasteiger partial charge < -0.3 is 4.79 Å². The molecule has 1 heterocycles. The topological polar surface area (TPSA) is 20.3 Å². The van der Waals surface area contributed by atoms with E-state index in [-0.39, 0.29) is 6.04 Å². The summed E-state index contributed by atoms with van der Waals surface area (Å²) in [7, 11) is 2.04. The number of hydrogen-bond donors (Lipinski definition) is 0. The third-order valence-electron chi connectivity index (χ3n) is 2.64. The Hall–Kier alpha value is -0.370. The quantitative estimate of drug-likeness (QED) is 0.573. The number of rotatable bonds is 3. The van der Waals surface area contributed by atoms with Crippen molar-refractivity contribution in [2.75, 3.05) is 13.6 Å². The van der Waals surface area contributed by atoms with Crippen molar-refractivity contribution < 1.29 is 4.79 Å². The van der Waals surface area contributed by atoms with Crippen LogP contribution < -0.4 is 0 Å². The molecule has 0 saturated carbocycles. The molecule has 0 aromatic heterocycles. The zero-order valence-electron chi connectivity index (χ0n) is 7.42. The summed E-state index contributed by atoms with van der Waals surface area (Å²) >= 11 is 0. The van der Waals surface area contributed by atoms with Crippen LogP contribution in [0.2, 0.25) is 0 Å². The van der Waals surface area contributed by atoms with Crippen LogP contribution in [0.1, 0.15) is 26.2 Å². The molecular weight excluding hydrogens is 138 g/mol. The van der Waals surface area contributed by atoms with Gasteiger partial charge in [0, 0.05) is 0 Å². The first kappa shape index (κ1) is 8.72. The molecular formula is C9H17NO. The minimum atomic E-state index is 0.204. The zero-order chi connectivity index (χ0) is 8.27. The molecule has 0 radical (unpaired) electrons. The zero-order valence-corrected chi connectivity index (χ0v) is 7.42. The molecule has 0 spiro atoms. The molecule has 0 N–H and O–H groups in total. The summed E-state index contributed by atoms with van der Waals surface area (Å²) in [5, 5.41) is 0. The monoisotopic (exact) mass is 155 g/mol. The van der Waals surface area contributed by atoms with Gasteiger partial charge in [0.05, 0.1) is 6.04 Å². The summed E-state index contributed by atoms with van der Waals surface area (Å²) in [6, 6.07) is 0.204. The van der Waals surface area contributed by atoms with Crippen LogP contribution >= 0.6 is 0 Å². The summed E-state index contributed by atoms with van der Waals surface area (Å²) in [5.74, 6) is 0.627. The van der Waals surface area contributed by atoms with Gasteiger partial charge in [0.1, 0.15) is 6.29 Å². The maximum absolute atomic E-state index is 10.7. The average molecular weight is 155 g/mol. The Balaban J connectivity index is 2.46. The molecule has 1 fully saturated rings. The number of carbonyl (C=O) groups is 1. The molecule has 2 atom stereocenters. The molecule has 2 heteroatoms. The van der Waals surface area contributed by atoms with Gasteiger partial charge in [-0.25, -0.2) is 0 Å². The third-order valence-corrected chi connectivity index (χ3v) is 2.64. The van der Waals surface area contributed by atoms with E-state index in [2.05, 4.69) is 11.8 Å². The van der Waals surface area contributed by atoms with E-state index in [0.29, 0.717) is 5.92 Å². The largest absolute Gasteiger partial charge is 0.302 e. The van der Waals surface area contributed by atoms with Gasteiger partial charge in [-0.05, 0) is 32.4 Å². The second-order valence-electron chi connectivity index (χ2n) is 3.44. The lowest BCUT2D eigenvalue weighted by molar-refractivity contribution is -0.112. The molecule has 2 nitrogen and oxygen atoms in total. The van der Waals surface area contributed by atoms with Gasteiger partial charge in [-0.1, -0.05) is 13.3 Å². The Labute approximate surface area is 68.6 Å². The van der Waals surface area contributed by atoms with E-state index in [1.54, 1.807) is 0 Å². The fourth-order valence-electron chi connectivity index (χ4n) is 1.95. The SMILES string of the molecule is CCCC1CCN(C)C1C=O. The van der Waals surface area contributed by atoms with E-state index in [4.69, 9.17) is 0 Å². The van der Waals surface area contributed by atoms with Crippen molar-refractivity contribution in [2.24, 2.45) is 5.92 Å². The van der Waals surface area contributed by atoms with Crippen molar-refractivity contribution in [1.29, 1.82) is 0 Å². The van der Waals surface area contributed by atoms with Crippen LogP contribution in [0.25, 0.3) is 0 Å². The second kappa shape index (κ2) is 3.86. The van der Waals surface area contributed by atoms with Gasteiger partial charge in [-0.15, -0.1) is 0 Å². The highest BCUT2D eigenvalue weighted by molar-refractivity contribution is 5.58. The lowest BCUT2D eigenvalue weighted by Crippen LogP contribution is -2.30. The first-order valence-corrected chi connectivity index (χ1v) is 4.45. The van der Waals surface area contributed by atoms with Crippen LogP contribution in [-0.2, 0) is 4.79 Å². The Morgan fingerprint density at radius 3 is 2.91 bits per heavy atom. The fraction of sp³-hybridized carbons (Fsp3) is 0.889. The number of likely N-dealkylation sites (N-methyl/N-ethyl adjacent to an activating group) is 1. The molecule has 1 aliphatic rings. The Morgan fingerprint density at radius 1 is 1.64 bits per heavy atom. The van der Waals surface area contributed by atoms with Crippen LogP contribution in [0.4, 0.5) is 0 Å². The van der Waals surface area contributed by atoms with Crippen molar-refractivity contribution in [2.45, 2.75) is 32.2 Å². The summed E-state index contributed by atoms with van der Waals surface area (Å²) in [6.45, 7) is 3.27. The number of aldehydes is 1. The molecule has 0 aromatic rings. The minimum absolute atomic E-state index is 0.204. The number of carbonyl (C=O) groups excluding carboxylic acids is 1. The second-order valence-corrected chi connectivity index (χ2v) is 3.44. The van der Waals surface area contributed by atoms with Crippen LogP contribution in [0.15, 0.2) is 0 Å². The van der Waals surface area contributed by atoms with Crippen molar-refractivity contribution in [3.63, 3.8) is 0 Å². The number of hydrogen-bond acceptors (Lipinski definition) is 2. The fourth-order valence-corrected chi connectivity index (χ4v) is 1.95. The highest BCUT2D eigenvalue weighted by Crippen LogP contribution is 2.25. The van der Waals surface area contributed by atoms with Crippen molar-refractivity contribution in [3.05, 3.63) is 0 Å². The molecule has 0 bridgehead atoms. The molecule has 11 heavy (non-hydrogen) atoms. The van der Waals surface area contributed by atoms with Gasteiger partial charge in [0.15, 0.2) is 0 Å².